The predicted molar refractivity (Wildman–Crippen MR) is 83.5 cm³/mol. The molecule has 1 aliphatic heterocycles. The molecule has 2 N–H and O–H groups in total. The zero-order chi connectivity index (χ0) is 17.6. The van der Waals surface area contributed by atoms with Crippen LogP contribution in [0.4, 0.5) is 0 Å². The number of nitrogens with zero attached hydrogens (tertiary/aromatic N) is 1. The van der Waals surface area contributed by atoms with Crippen molar-refractivity contribution in [2.75, 3.05) is 0 Å². The zero-order valence-corrected chi connectivity index (χ0v) is 13.9. The summed E-state index contributed by atoms with van der Waals surface area (Å²) >= 11 is 0. The first kappa shape index (κ1) is 16.9. The van der Waals surface area contributed by atoms with Crippen molar-refractivity contribution in [2.45, 2.75) is 64.1 Å². The number of aromatic nitrogens is 2. The van der Waals surface area contributed by atoms with Crippen LogP contribution in [0.3, 0.4) is 0 Å². The SMILES string of the molecule is CC(=O)O[C@H]1[C@H](n2cc(C)c(=O)[nH]c2=O)O[C@H]2[C@H](C)CCC[C@@]21O. The minimum Gasteiger partial charge on any atom is -0.455 e. The van der Waals surface area contributed by atoms with Crippen molar-refractivity contribution in [3.63, 3.8) is 0 Å². The molecule has 1 aliphatic carbocycles. The van der Waals surface area contributed by atoms with E-state index in [0.717, 1.165) is 12.8 Å². The molecule has 0 radical (unpaired) electrons. The van der Waals surface area contributed by atoms with Gasteiger partial charge in [0.1, 0.15) is 5.60 Å². The molecule has 2 heterocycles. The second-order valence-corrected chi connectivity index (χ2v) is 6.82. The van der Waals surface area contributed by atoms with E-state index < -0.39 is 41.3 Å². The van der Waals surface area contributed by atoms with Gasteiger partial charge in [-0.25, -0.2) is 4.79 Å². The number of hydrogen-bond acceptors (Lipinski definition) is 6. The summed E-state index contributed by atoms with van der Waals surface area (Å²) in [6.45, 7) is 4.78. The maximum Gasteiger partial charge on any atom is 0.330 e. The summed E-state index contributed by atoms with van der Waals surface area (Å²) in [5.41, 5.74) is -2.17. The Kier molecular flexibility index (Phi) is 4.13. The molecule has 24 heavy (non-hydrogen) atoms. The molecule has 0 bridgehead atoms. The first-order valence-corrected chi connectivity index (χ1v) is 8.11. The Bertz CT molecular complexity index is 769. The van der Waals surface area contributed by atoms with Gasteiger partial charge in [-0.05, 0) is 32.1 Å². The lowest BCUT2D eigenvalue weighted by Crippen LogP contribution is -2.53. The van der Waals surface area contributed by atoms with Gasteiger partial charge in [0.15, 0.2) is 12.3 Å². The van der Waals surface area contributed by atoms with E-state index in [1.165, 1.54) is 17.7 Å². The van der Waals surface area contributed by atoms with Crippen molar-refractivity contribution in [1.82, 2.24) is 9.55 Å². The third-order valence-corrected chi connectivity index (χ3v) is 5.00. The molecule has 3 rings (SSSR count). The Morgan fingerprint density at radius 1 is 1.50 bits per heavy atom. The van der Waals surface area contributed by atoms with Gasteiger partial charge in [-0.3, -0.25) is 19.1 Å². The molecule has 132 valence electrons. The van der Waals surface area contributed by atoms with Crippen LogP contribution in [0.1, 0.15) is 44.9 Å². The molecule has 1 saturated carbocycles. The number of esters is 1. The first-order valence-electron chi connectivity index (χ1n) is 8.11. The van der Waals surface area contributed by atoms with Crippen LogP contribution in [0, 0.1) is 12.8 Å². The van der Waals surface area contributed by atoms with Crippen LogP contribution in [0.25, 0.3) is 0 Å². The molecule has 2 fully saturated rings. The van der Waals surface area contributed by atoms with Crippen LogP contribution in [0.15, 0.2) is 15.8 Å². The minimum absolute atomic E-state index is 0.0615. The van der Waals surface area contributed by atoms with Crippen molar-refractivity contribution < 1.29 is 19.4 Å². The topological polar surface area (TPSA) is 111 Å². The molecule has 1 aromatic rings. The van der Waals surface area contributed by atoms with Crippen molar-refractivity contribution in [2.24, 2.45) is 5.92 Å². The monoisotopic (exact) mass is 338 g/mol. The van der Waals surface area contributed by atoms with E-state index in [2.05, 4.69) is 4.98 Å². The number of hydrogen-bond donors (Lipinski definition) is 2. The highest BCUT2D eigenvalue weighted by Crippen LogP contribution is 2.48. The number of carbonyl (C=O) groups excluding carboxylic acids is 1. The van der Waals surface area contributed by atoms with Gasteiger partial charge >= 0.3 is 11.7 Å². The highest BCUT2D eigenvalue weighted by Gasteiger charge is 2.61. The van der Waals surface area contributed by atoms with E-state index in [1.807, 2.05) is 6.92 Å². The third kappa shape index (κ3) is 2.59. The van der Waals surface area contributed by atoms with Gasteiger partial charge in [0, 0.05) is 18.7 Å². The number of fused-ring (bicyclic) bond motifs is 1. The summed E-state index contributed by atoms with van der Waals surface area (Å²) in [6.07, 6.45) is 0.924. The molecule has 8 heteroatoms. The molecule has 0 unspecified atom stereocenters. The lowest BCUT2D eigenvalue weighted by molar-refractivity contribution is -0.167. The predicted octanol–water partition coefficient (Wildman–Crippen LogP) is 0.225. The lowest BCUT2D eigenvalue weighted by atomic mass is 9.74. The number of rotatable bonds is 2. The Labute approximate surface area is 138 Å². The fraction of sp³-hybridized carbons (Fsp3) is 0.688. The summed E-state index contributed by atoms with van der Waals surface area (Å²) < 4.78 is 12.5. The number of aliphatic hydroxyl groups is 1. The number of ether oxygens (including phenoxy) is 2. The van der Waals surface area contributed by atoms with Crippen molar-refractivity contribution >= 4 is 5.97 Å². The molecule has 2 aliphatic rings. The number of aryl methyl sites for hydroxylation is 1. The van der Waals surface area contributed by atoms with Gasteiger partial charge in [0.05, 0.1) is 6.10 Å². The smallest absolute Gasteiger partial charge is 0.330 e. The zero-order valence-electron chi connectivity index (χ0n) is 13.9. The Morgan fingerprint density at radius 3 is 2.88 bits per heavy atom. The van der Waals surface area contributed by atoms with Crippen LogP contribution in [0.2, 0.25) is 0 Å². The van der Waals surface area contributed by atoms with E-state index in [4.69, 9.17) is 9.47 Å². The number of carbonyl (C=O) groups is 1. The number of H-pyrrole nitrogens is 1. The minimum atomic E-state index is -1.35. The van der Waals surface area contributed by atoms with Gasteiger partial charge < -0.3 is 14.6 Å². The first-order chi connectivity index (χ1) is 11.2. The molecular formula is C16H22N2O6. The summed E-state index contributed by atoms with van der Waals surface area (Å²) in [4.78, 5) is 37.6. The van der Waals surface area contributed by atoms with Gasteiger partial charge in [-0.15, -0.1) is 0 Å². The van der Waals surface area contributed by atoms with Crippen molar-refractivity contribution in [3.8, 4) is 0 Å². The Hall–Kier alpha value is -1.93. The maximum absolute atomic E-state index is 12.2. The van der Waals surface area contributed by atoms with Crippen molar-refractivity contribution in [3.05, 3.63) is 32.6 Å². The van der Waals surface area contributed by atoms with Crippen molar-refractivity contribution in [1.29, 1.82) is 0 Å². The standard InChI is InChI=1S/C16H22N2O6/c1-8-5-4-6-16(22)11(8)24-14(12(16)23-10(3)19)18-7-9(2)13(20)17-15(18)21/h7-8,11-12,14,22H,4-6H2,1-3H3,(H,17,20,21)/t8-,11+,12+,14-,16-/m1/s1. The Balaban J connectivity index is 2.09. The van der Waals surface area contributed by atoms with Crippen LogP contribution in [0.5, 0.6) is 0 Å². The molecular weight excluding hydrogens is 316 g/mol. The average molecular weight is 338 g/mol. The largest absolute Gasteiger partial charge is 0.455 e. The molecule has 1 aromatic heterocycles. The van der Waals surface area contributed by atoms with Crippen LogP contribution >= 0.6 is 0 Å². The maximum atomic E-state index is 12.2. The molecule has 5 atom stereocenters. The average Bonchev–Trinajstić information content (AvgIpc) is 2.77. The number of aromatic amines is 1. The van der Waals surface area contributed by atoms with Gasteiger partial charge in [-0.1, -0.05) is 6.92 Å². The van der Waals surface area contributed by atoms with Crippen LogP contribution in [-0.2, 0) is 14.3 Å². The van der Waals surface area contributed by atoms with Gasteiger partial charge in [0.2, 0.25) is 0 Å². The summed E-state index contributed by atoms with van der Waals surface area (Å²) in [5, 5.41) is 11.1. The molecule has 0 spiro atoms. The lowest BCUT2D eigenvalue weighted by Gasteiger charge is -2.39. The quantitative estimate of drug-likeness (QED) is 0.747. The number of nitrogens with one attached hydrogen (secondary N) is 1. The van der Waals surface area contributed by atoms with E-state index in [9.17, 15) is 19.5 Å². The van der Waals surface area contributed by atoms with Crippen LogP contribution < -0.4 is 11.2 Å². The Morgan fingerprint density at radius 2 is 2.21 bits per heavy atom. The van der Waals surface area contributed by atoms with E-state index in [0.29, 0.717) is 12.0 Å². The molecule has 0 amide bonds. The second-order valence-electron chi connectivity index (χ2n) is 6.82. The van der Waals surface area contributed by atoms with Crippen LogP contribution in [-0.4, -0.2) is 38.4 Å². The van der Waals surface area contributed by atoms with Gasteiger partial charge in [-0.2, -0.15) is 0 Å². The molecule has 8 nitrogen and oxygen atoms in total. The summed E-state index contributed by atoms with van der Waals surface area (Å²) in [7, 11) is 0. The summed E-state index contributed by atoms with van der Waals surface area (Å²) in [6, 6.07) is 0. The van der Waals surface area contributed by atoms with Gasteiger partial charge in [0.25, 0.3) is 5.56 Å². The normalized spacial score (nSPS) is 35.5. The second kappa shape index (κ2) is 5.86. The van der Waals surface area contributed by atoms with E-state index >= 15 is 0 Å². The molecule has 1 saturated heterocycles. The van der Waals surface area contributed by atoms with E-state index in [-0.39, 0.29) is 5.92 Å². The fourth-order valence-corrected chi connectivity index (χ4v) is 3.84. The third-order valence-electron chi connectivity index (χ3n) is 5.00. The molecule has 0 aromatic carbocycles. The summed E-state index contributed by atoms with van der Waals surface area (Å²) in [5.74, 6) is -0.499. The van der Waals surface area contributed by atoms with E-state index in [1.54, 1.807) is 6.92 Å². The highest BCUT2D eigenvalue weighted by molar-refractivity contribution is 5.66. The fourth-order valence-electron chi connectivity index (χ4n) is 3.84. The highest BCUT2D eigenvalue weighted by atomic mass is 16.6.